The third-order valence-electron chi connectivity index (χ3n) is 3.51. The maximum absolute atomic E-state index is 10.2. The van der Waals surface area contributed by atoms with Gasteiger partial charge in [-0.25, -0.2) is 4.98 Å². The lowest BCUT2D eigenvalue weighted by atomic mass is 10.3. The Hall–Kier alpha value is -1.80. The van der Waals surface area contributed by atoms with E-state index in [0.29, 0.717) is 28.4 Å². The molecule has 1 atom stereocenters. The normalized spacial score (nSPS) is 13.2. The second kappa shape index (κ2) is 8.05. The molecule has 3 heterocycles. The Bertz CT molecular complexity index is 892. The number of hydrogen-bond donors (Lipinski definition) is 3. The monoisotopic (exact) mass is 397 g/mol. The molecule has 0 bridgehead atoms. The Balaban J connectivity index is 1.55. The number of nitrogens with one attached hydrogen (secondary N) is 2. The predicted molar refractivity (Wildman–Crippen MR) is 103 cm³/mol. The SMILES string of the molecule is CN=C(NCc1cn2cc(Cl)ccc2n1)NCC(O)c1ccc(Cl)s1. The first-order valence-electron chi connectivity index (χ1n) is 7.56. The van der Waals surface area contributed by atoms with Crippen molar-refractivity contribution in [2.75, 3.05) is 13.6 Å². The lowest BCUT2D eigenvalue weighted by molar-refractivity contribution is 0.184. The highest BCUT2D eigenvalue weighted by molar-refractivity contribution is 7.16. The summed E-state index contributed by atoms with van der Waals surface area (Å²) in [5.41, 5.74) is 1.69. The van der Waals surface area contributed by atoms with Crippen molar-refractivity contribution in [2.24, 2.45) is 4.99 Å². The van der Waals surface area contributed by atoms with Gasteiger partial charge in [0.25, 0.3) is 0 Å². The number of hydrogen-bond acceptors (Lipinski definition) is 4. The van der Waals surface area contributed by atoms with Crippen molar-refractivity contribution in [3.05, 3.63) is 56.6 Å². The van der Waals surface area contributed by atoms with Gasteiger partial charge in [0.2, 0.25) is 0 Å². The van der Waals surface area contributed by atoms with Gasteiger partial charge in [0.05, 0.1) is 21.6 Å². The topological polar surface area (TPSA) is 74.0 Å². The average molecular weight is 398 g/mol. The number of aliphatic hydroxyl groups is 1. The van der Waals surface area contributed by atoms with Crippen LogP contribution in [0.3, 0.4) is 0 Å². The third kappa shape index (κ3) is 4.64. The number of halogens is 2. The molecule has 0 radical (unpaired) electrons. The third-order valence-corrected chi connectivity index (χ3v) is 5.07. The van der Waals surface area contributed by atoms with Crippen molar-refractivity contribution in [1.29, 1.82) is 0 Å². The molecule has 3 rings (SSSR count). The second-order valence-electron chi connectivity index (χ2n) is 5.31. The summed E-state index contributed by atoms with van der Waals surface area (Å²) >= 11 is 13.2. The van der Waals surface area contributed by atoms with Crippen LogP contribution in [0.1, 0.15) is 16.7 Å². The molecule has 0 amide bonds. The molecule has 132 valence electrons. The molecule has 25 heavy (non-hydrogen) atoms. The molecule has 0 spiro atoms. The fourth-order valence-corrected chi connectivity index (χ4v) is 3.51. The molecular weight excluding hydrogens is 381 g/mol. The van der Waals surface area contributed by atoms with Gasteiger partial charge in [0.1, 0.15) is 11.8 Å². The van der Waals surface area contributed by atoms with Gasteiger partial charge in [-0.2, -0.15) is 0 Å². The zero-order valence-corrected chi connectivity index (χ0v) is 15.7. The van der Waals surface area contributed by atoms with Crippen molar-refractivity contribution in [2.45, 2.75) is 12.6 Å². The summed E-state index contributed by atoms with van der Waals surface area (Å²) in [5, 5.41) is 17.1. The quantitative estimate of drug-likeness (QED) is 0.456. The first-order valence-corrected chi connectivity index (χ1v) is 9.13. The van der Waals surface area contributed by atoms with Crippen LogP contribution < -0.4 is 10.6 Å². The highest BCUT2D eigenvalue weighted by Gasteiger charge is 2.11. The van der Waals surface area contributed by atoms with Crippen LogP contribution in [0.4, 0.5) is 0 Å². The minimum Gasteiger partial charge on any atom is -0.386 e. The lowest BCUT2D eigenvalue weighted by Crippen LogP contribution is -2.38. The summed E-state index contributed by atoms with van der Waals surface area (Å²) in [4.78, 5) is 9.46. The number of aliphatic imine (C=N–C) groups is 1. The Morgan fingerprint density at radius 1 is 1.28 bits per heavy atom. The van der Waals surface area contributed by atoms with E-state index in [1.165, 1.54) is 11.3 Å². The van der Waals surface area contributed by atoms with E-state index in [0.717, 1.165) is 16.2 Å². The van der Waals surface area contributed by atoms with Gasteiger partial charge < -0.3 is 20.1 Å². The number of imidazole rings is 1. The van der Waals surface area contributed by atoms with Gasteiger partial charge >= 0.3 is 0 Å². The van der Waals surface area contributed by atoms with Crippen molar-refractivity contribution in [3.63, 3.8) is 0 Å². The van der Waals surface area contributed by atoms with Crippen LogP contribution in [0.25, 0.3) is 5.65 Å². The van der Waals surface area contributed by atoms with E-state index in [1.54, 1.807) is 19.2 Å². The fraction of sp³-hybridized carbons (Fsp3) is 0.250. The average Bonchev–Trinajstić information content (AvgIpc) is 3.20. The first-order chi connectivity index (χ1) is 12.0. The summed E-state index contributed by atoms with van der Waals surface area (Å²) in [7, 11) is 1.67. The summed E-state index contributed by atoms with van der Waals surface area (Å²) in [6.45, 7) is 0.831. The molecule has 3 N–H and O–H groups in total. The summed E-state index contributed by atoms with van der Waals surface area (Å²) in [5.74, 6) is 0.580. The number of pyridine rings is 1. The summed E-state index contributed by atoms with van der Waals surface area (Å²) < 4.78 is 2.53. The molecule has 0 aliphatic heterocycles. The van der Waals surface area contributed by atoms with Crippen LogP contribution in [-0.4, -0.2) is 34.0 Å². The molecule has 0 aliphatic carbocycles. The van der Waals surface area contributed by atoms with Crippen LogP contribution >= 0.6 is 34.5 Å². The van der Waals surface area contributed by atoms with E-state index in [2.05, 4.69) is 20.6 Å². The van der Waals surface area contributed by atoms with Crippen LogP contribution in [0.15, 0.2) is 41.7 Å². The number of aliphatic hydroxyl groups excluding tert-OH is 1. The van der Waals surface area contributed by atoms with Crippen molar-refractivity contribution >= 4 is 46.1 Å². The predicted octanol–water partition coefficient (Wildman–Crippen LogP) is 3.10. The van der Waals surface area contributed by atoms with Crippen LogP contribution in [-0.2, 0) is 6.54 Å². The highest BCUT2D eigenvalue weighted by atomic mass is 35.5. The Morgan fingerprint density at radius 3 is 2.84 bits per heavy atom. The van der Waals surface area contributed by atoms with Gasteiger partial charge in [-0.1, -0.05) is 23.2 Å². The molecule has 0 saturated heterocycles. The van der Waals surface area contributed by atoms with Crippen LogP contribution in [0, 0.1) is 0 Å². The van der Waals surface area contributed by atoms with Gasteiger partial charge in [-0.15, -0.1) is 11.3 Å². The molecule has 3 aromatic rings. The largest absolute Gasteiger partial charge is 0.386 e. The molecular formula is C16H17Cl2N5OS. The zero-order chi connectivity index (χ0) is 17.8. The lowest BCUT2D eigenvalue weighted by Gasteiger charge is -2.14. The number of rotatable bonds is 5. The molecule has 1 unspecified atom stereocenters. The number of aromatic nitrogens is 2. The van der Waals surface area contributed by atoms with Crippen LogP contribution in [0.2, 0.25) is 9.36 Å². The van der Waals surface area contributed by atoms with Gasteiger partial charge in [0, 0.05) is 30.9 Å². The fourth-order valence-electron chi connectivity index (χ4n) is 2.30. The molecule has 3 aromatic heterocycles. The van der Waals surface area contributed by atoms with Crippen molar-refractivity contribution < 1.29 is 5.11 Å². The molecule has 0 aliphatic rings. The number of fused-ring (bicyclic) bond motifs is 1. The van der Waals surface area contributed by atoms with E-state index in [4.69, 9.17) is 23.2 Å². The van der Waals surface area contributed by atoms with E-state index in [9.17, 15) is 5.11 Å². The van der Waals surface area contributed by atoms with Crippen molar-refractivity contribution in [1.82, 2.24) is 20.0 Å². The molecule has 9 heteroatoms. The minimum atomic E-state index is -0.645. The van der Waals surface area contributed by atoms with E-state index in [1.807, 2.05) is 28.9 Å². The second-order valence-corrected chi connectivity index (χ2v) is 7.49. The highest BCUT2D eigenvalue weighted by Crippen LogP contribution is 2.26. The maximum Gasteiger partial charge on any atom is 0.191 e. The van der Waals surface area contributed by atoms with Crippen molar-refractivity contribution in [3.8, 4) is 0 Å². The zero-order valence-electron chi connectivity index (χ0n) is 13.4. The minimum absolute atomic E-state index is 0.331. The molecule has 0 aromatic carbocycles. The Morgan fingerprint density at radius 2 is 2.12 bits per heavy atom. The number of nitrogens with zero attached hydrogens (tertiary/aromatic N) is 3. The van der Waals surface area contributed by atoms with Crippen LogP contribution in [0.5, 0.6) is 0 Å². The Labute approximate surface area is 159 Å². The number of guanidine groups is 1. The maximum atomic E-state index is 10.2. The standard InChI is InChI=1S/C16H17Cl2N5OS/c1-19-16(21-7-12(24)13-3-4-14(18)25-13)20-6-11-9-23-8-10(17)2-5-15(23)22-11/h2-5,8-9,12,24H,6-7H2,1H3,(H2,19,20,21). The van der Waals surface area contributed by atoms with E-state index >= 15 is 0 Å². The van der Waals surface area contributed by atoms with E-state index in [-0.39, 0.29) is 0 Å². The van der Waals surface area contributed by atoms with Gasteiger partial charge in [0.15, 0.2) is 5.96 Å². The Kier molecular flexibility index (Phi) is 5.80. The summed E-state index contributed by atoms with van der Waals surface area (Å²) in [6.07, 6.45) is 3.07. The molecule has 6 nitrogen and oxygen atoms in total. The van der Waals surface area contributed by atoms with Gasteiger partial charge in [-0.05, 0) is 24.3 Å². The molecule has 0 saturated carbocycles. The van der Waals surface area contributed by atoms with Gasteiger partial charge in [-0.3, -0.25) is 4.99 Å². The number of thiophene rings is 1. The first kappa shape index (κ1) is 18.0. The molecule has 0 fully saturated rings. The smallest absolute Gasteiger partial charge is 0.191 e. The van der Waals surface area contributed by atoms with E-state index < -0.39 is 6.10 Å². The summed E-state index contributed by atoms with van der Waals surface area (Å²) in [6, 6.07) is 7.26.